The number of hydrogen-bond acceptors (Lipinski definition) is 3. The number of hydrogen-bond donors (Lipinski definition) is 1. The minimum atomic E-state index is 0.668. The zero-order valence-corrected chi connectivity index (χ0v) is 12.3. The van der Waals surface area contributed by atoms with Gasteiger partial charge in [-0.3, -0.25) is 4.98 Å². The fourth-order valence-electron chi connectivity index (χ4n) is 2.29. The molecule has 0 unspecified atom stereocenters. The highest BCUT2D eigenvalue weighted by molar-refractivity contribution is 7.71. The van der Waals surface area contributed by atoms with E-state index >= 15 is 0 Å². The molecular weight excluding hydrogens is 266 g/mol. The number of rotatable bonds is 2. The van der Waals surface area contributed by atoms with Crippen LogP contribution in [0, 0.1) is 11.6 Å². The molecule has 0 saturated heterocycles. The van der Waals surface area contributed by atoms with Gasteiger partial charge in [-0.2, -0.15) is 0 Å². The molecule has 3 nitrogen and oxygen atoms in total. The van der Waals surface area contributed by atoms with Gasteiger partial charge in [-0.05, 0) is 37.6 Å². The van der Waals surface area contributed by atoms with Crippen molar-refractivity contribution in [3.63, 3.8) is 0 Å². The van der Waals surface area contributed by atoms with Gasteiger partial charge in [-0.25, -0.2) is 4.98 Å². The first-order valence-electron chi connectivity index (χ1n) is 6.64. The van der Waals surface area contributed by atoms with E-state index in [1.807, 2.05) is 25.1 Å². The maximum Gasteiger partial charge on any atom is 0.139 e. The van der Waals surface area contributed by atoms with Crippen LogP contribution in [0.25, 0.3) is 22.3 Å². The van der Waals surface area contributed by atoms with Crippen LogP contribution in [-0.4, -0.2) is 15.0 Å². The molecule has 0 aliphatic rings. The number of aromatic nitrogens is 3. The zero-order valence-electron chi connectivity index (χ0n) is 11.5. The Kier molecular flexibility index (Phi) is 3.32. The van der Waals surface area contributed by atoms with Crippen molar-refractivity contribution in [2.75, 3.05) is 0 Å². The molecule has 1 N–H and O–H groups in total. The van der Waals surface area contributed by atoms with Gasteiger partial charge in [-0.1, -0.05) is 25.2 Å². The third-order valence-corrected chi connectivity index (χ3v) is 3.88. The maximum absolute atomic E-state index is 5.35. The third kappa shape index (κ3) is 2.23. The first kappa shape index (κ1) is 12.9. The molecule has 20 heavy (non-hydrogen) atoms. The van der Waals surface area contributed by atoms with Crippen molar-refractivity contribution in [3.8, 4) is 11.4 Å². The van der Waals surface area contributed by atoms with Gasteiger partial charge < -0.3 is 4.98 Å². The molecule has 0 radical (unpaired) electrons. The van der Waals surface area contributed by atoms with E-state index in [0.717, 1.165) is 40.0 Å². The predicted molar refractivity (Wildman–Crippen MR) is 84.3 cm³/mol. The number of benzene rings is 1. The smallest absolute Gasteiger partial charge is 0.139 e. The topological polar surface area (TPSA) is 41.6 Å². The standard InChI is InChI=1S/C16H15N3S/c1-3-13-10(2)16(20)19-15(18-13)12-6-7-14-11(9-12)5-4-8-17-14/h4-9H,3H2,1-2H3,(H,18,19,20). The lowest BCUT2D eigenvalue weighted by molar-refractivity contribution is 0.969. The van der Waals surface area contributed by atoms with E-state index in [1.165, 1.54) is 0 Å². The van der Waals surface area contributed by atoms with E-state index in [1.54, 1.807) is 6.20 Å². The molecule has 0 bridgehead atoms. The van der Waals surface area contributed by atoms with Crippen molar-refractivity contribution in [2.45, 2.75) is 20.3 Å². The Morgan fingerprint density at radius 2 is 2.10 bits per heavy atom. The predicted octanol–water partition coefficient (Wildman–Crippen LogP) is 4.23. The minimum Gasteiger partial charge on any atom is -0.343 e. The van der Waals surface area contributed by atoms with Crippen molar-refractivity contribution in [1.82, 2.24) is 15.0 Å². The van der Waals surface area contributed by atoms with E-state index in [0.29, 0.717) is 4.64 Å². The molecule has 2 heterocycles. The van der Waals surface area contributed by atoms with E-state index in [9.17, 15) is 0 Å². The second-order valence-electron chi connectivity index (χ2n) is 4.76. The summed E-state index contributed by atoms with van der Waals surface area (Å²) < 4.78 is 0.668. The van der Waals surface area contributed by atoms with E-state index in [4.69, 9.17) is 12.2 Å². The second kappa shape index (κ2) is 5.13. The van der Waals surface area contributed by atoms with Crippen LogP contribution >= 0.6 is 12.2 Å². The van der Waals surface area contributed by atoms with Crippen LogP contribution in [0.4, 0.5) is 0 Å². The Hall–Kier alpha value is -2.07. The van der Waals surface area contributed by atoms with Gasteiger partial charge in [0, 0.05) is 28.4 Å². The molecule has 2 aromatic heterocycles. The average Bonchev–Trinajstić information content (AvgIpc) is 2.49. The Balaban J connectivity index is 2.20. The molecule has 0 atom stereocenters. The van der Waals surface area contributed by atoms with Gasteiger partial charge in [0.05, 0.1) is 5.52 Å². The Morgan fingerprint density at radius 3 is 2.90 bits per heavy atom. The van der Waals surface area contributed by atoms with Crippen LogP contribution in [0.3, 0.4) is 0 Å². The number of aromatic amines is 1. The molecule has 0 saturated carbocycles. The lowest BCUT2D eigenvalue weighted by Crippen LogP contribution is -1.99. The van der Waals surface area contributed by atoms with E-state index in [-0.39, 0.29) is 0 Å². The van der Waals surface area contributed by atoms with Gasteiger partial charge >= 0.3 is 0 Å². The van der Waals surface area contributed by atoms with Crippen molar-refractivity contribution >= 4 is 23.1 Å². The Labute approximate surface area is 122 Å². The molecule has 0 amide bonds. The average molecular weight is 281 g/mol. The number of nitrogens with zero attached hydrogens (tertiary/aromatic N) is 2. The summed E-state index contributed by atoms with van der Waals surface area (Å²) >= 11 is 5.35. The molecule has 0 aliphatic heterocycles. The SMILES string of the molecule is CCc1[nH]c(-c2ccc3ncccc3c2)nc(=S)c1C. The summed E-state index contributed by atoms with van der Waals surface area (Å²) in [6.07, 6.45) is 2.72. The van der Waals surface area contributed by atoms with Crippen molar-refractivity contribution in [3.05, 3.63) is 52.4 Å². The quantitative estimate of drug-likeness (QED) is 0.715. The molecule has 1 aromatic carbocycles. The summed E-state index contributed by atoms with van der Waals surface area (Å²) in [4.78, 5) is 12.2. The second-order valence-corrected chi connectivity index (χ2v) is 5.15. The minimum absolute atomic E-state index is 0.668. The maximum atomic E-state index is 5.35. The first-order chi connectivity index (χ1) is 9.69. The lowest BCUT2D eigenvalue weighted by atomic mass is 10.1. The van der Waals surface area contributed by atoms with Gasteiger partial charge in [-0.15, -0.1) is 0 Å². The van der Waals surface area contributed by atoms with Crippen LogP contribution < -0.4 is 0 Å². The highest BCUT2D eigenvalue weighted by Gasteiger charge is 2.06. The monoisotopic (exact) mass is 281 g/mol. The van der Waals surface area contributed by atoms with Gasteiger partial charge in [0.1, 0.15) is 10.5 Å². The summed E-state index contributed by atoms with van der Waals surface area (Å²) in [6, 6.07) is 10.1. The van der Waals surface area contributed by atoms with Crippen LogP contribution in [0.15, 0.2) is 36.5 Å². The molecule has 4 heteroatoms. The number of nitrogens with one attached hydrogen (secondary N) is 1. The molecule has 3 rings (SSSR count). The first-order valence-corrected chi connectivity index (χ1v) is 7.05. The fraction of sp³-hybridized carbons (Fsp3) is 0.188. The van der Waals surface area contributed by atoms with Crippen molar-refractivity contribution in [2.24, 2.45) is 0 Å². The number of fused-ring (bicyclic) bond motifs is 1. The van der Waals surface area contributed by atoms with Crippen molar-refractivity contribution in [1.29, 1.82) is 0 Å². The van der Waals surface area contributed by atoms with E-state index < -0.39 is 0 Å². The van der Waals surface area contributed by atoms with Crippen LogP contribution in [0.5, 0.6) is 0 Å². The summed E-state index contributed by atoms with van der Waals surface area (Å²) in [5.41, 5.74) is 4.23. The van der Waals surface area contributed by atoms with Crippen LogP contribution in [0.2, 0.25) is 0 Å². The highest BCUT2D eigenvalue weighted by Crippen LogP contribution is 2.22. The Morgan fingerprint density at radius 1 is 1.25 bits per heavy atom. The van der Waals surface area contributed by atoms with Gasteiger partial charge in [0.15, 0.2) is 0 Å². The van der Waals surface area contributed by atoms with Gasteiger partial charge in [0.25, 0.3) is 0 Å². The zero-order chi connectivity index (χ0) is 14.1. The molecule has 0 spiro atoms. The number of pyridine rings is 1. The van der Waals surface area contributed by atoms with Crippen LogP contribution in [-0.2, 0) is 6.42 Å². The number of H-pyrrole nitrogens is 1. The normalized spacial score (nSPS) is 10.9. The molecule has 0 aliphatic carbocycles. The summed E-state index contributed by atoms with van der Waals surface area (Å²) in [5, 5.41) is 1.10. The Bertz CT molecular complexity index is 836. The van der Waals surface area contributed by atoms with Crippen LogP contribution in [0.1, 0.15) is 18.2 Å². The highest BCUT2D eigenvalue weighted by atomic mass is 32.1. The number of aryl methyl sites for hydroxylation is 1. The summed E-state index contributed by atoms with van der Waals surface area (Å²) in [7, 11) is 0. The van der Waals surface area contributed by atoms with Gasteiger partial charge in [0.2, 0.25) is 0 Å². The van der Waals surface area contributed by atoms with Crippen molar-refractivity contribution < 1.29 is 0 Å². The largest absolute Gasteiger partial charge is 0.343 e. The summed E-state index contributed by atoms with van der Waals surface area (Å²) in [5.74, 6) is 0.822. The molecule has 0 fully saturated rings. The summed E-state index contributed by atoms with van der Waals surface area (Å²) in [6.45, 7) is 4.13. The molecule has 100 valence electrons. The molecule has 3 aromatic rings. The lowest BCUT2D eigenvalue weighted by Gasteiger charge is -2.08. The third-order valence-electron chi connectivity index (χ3n) is 3.49. The van der Waals surface area contributed by atoms with E-state index in [2.05, 4.69) is 34.0 Å². The fourth-order valence-corrected chi connectivity index (χ4v) is 2.51. The molecular formula is C16H15N3S.